The molecule has 0 aliphatic heterocycles. The lowest BCUT2D eigenvalue weighted by atomic mass is 9.85. The van der Waals surface area contributed by atoms with Crippen LogP contribution in [0.5, 0.6) is 0 Å². The summed E-state index contributed by atoms with van der Waals surface area (Å²) in [6.07, 6.45) is 0. The minimum atomic E-state index is 0. The Bertz CT molecular complexity index is 1660. The molecule has 0 saturated heterocycles. The van der Waals surface area contributed by atoms with Crippen LogP contribution in [0.2, 0.25) is 0 Å². The molecule has 0 aliphatic carbocycles. The summed E-state index contributed by atoms with van der Waals surface area (Å²) >= 11 is 0. The predicted octanol–water partition coefficient (Wildman–Crippen LogP) is 10.3. The van der Waals surface area contributed by atoms with Gasteiger partial charge in [-0.1, -0.05) is 129 Å². The molecule has 7 aromatic carbocycles. The predicted molar refractivity (Wildman–Crippen MR) is 154 cm³/mol. The van der Waals surface area contributed by atoms with Gasteiger partial charge >= 0.3 is 0 Å². The second kappa shape index (κ2) is 8.42. The number of hydrogen-bond donors (Lipinski definition) is 0. The highest BCUT2D eigenvalue weighted by Crippen LogP contribution is 2.44. The number of fused-ring (bicyclic) bond motifs is 4. The Morgan fingerprint density at radius 1 is 0.286 bits per heavy atom. The highest BCUT2D eigenvalue weighted by Gasteiger charge is 2.16. The SMILES string of the molecule is C.c1ccc2cc(-c3c4ccccc4c(-c4ccc5ccccc5c4)c4ccccc34)ccc2c1. The molecule has 0 fully saturated rings. The number of hydrogen-bond acceptors (Lipinski definition) is 0. The highest BCUT2D eigenvalue weighted by molar-refractivity contribution is 6.22. The van der Waals surface area contributed by atoms with Crippen molar-refractivity contribution in [2.24, 2.45) is 0 Å². The van der Waals surface area contributed by atoms with Crippen molar-refractivity contribution in [2.45, 2.75) is 7.43 Å². The maximum atomic E-state index is 2.33. The summed E-state index contributed by atoms with van der Waals surface area (Å²) in [5.74, 6) is 0. The van der Waals surface area contributed by atoms with Crippen LogP contribution in [0.15, 0.2) is 133 Å². The van der Waals surface area contributed by atoms with Gasteiger partial charge in [-0.05, 0) is 77.5 Å². The van der Waals surface area contributed by atoms with Crippen molar-refractivity contribution < 1.29 is 0 Å². The van der Waals surface area contributed by atoms with Crippen molar-refractivity contribution in [1.29, 1.82) is 0 Å². The van der Waals surface area contributed by atoms with Gasteiger partial charge in [0.15, 0.2) is 0 Å². The molecule has 166 valence electrons. The zero-order valence-corrected chi connectivity index (χ0v) is 18.7. The van der Waals surface area contributed by atoms with Gasteiger partial charge in [-0.25, -0.2) is 0 Å². The number of benzene rings is 7. The molecule has 0 amide bonds. The Morgan fingerprint density at radius 3 is 0.971 bits per heavy atom. The zero-order valence-electron chi connectivity index (χ0n) is 18.7. The van der Waals surface area contributed by atoms with Crippen LogP contribution < -0.4 is 0 Å². The molecule has 0 bridgehead atoms. The first-order chi connectivity index (χ1) is 16.9. The monoisotopic (exact) mass is 446 g/mol. The summed E-state index contributed by atoms with van der Waals surface area (Å²) in [4.78, 5) is 0. The highest BCUT2D eigenvalue weighted by atomic mass is 14.2. The molecule has 35 heavy (non-hydrogen) atoms. The molecule has 7 aromatic rings. The Hall–Kier alpha value is -4.42. The summed E-state index contributed by atoms with van der Waals surface area (Å²) in [7, 11) is 0. The summed E-state index contributed by atoms with van der Waals surface area (Å²) in [6, 6.07) is 48.6. The van der Waals surface area contributed by atoms with E-state index in [1.165, 1.54) is 65.3 Å². The molecule has 0 unspecified atom stereocenters. The van der Waals surface area contributed by atoms with Gasteiger partial charge in [0.25, 0.3) is 0 Å². The minimum absolute atomic E-state index is 0. The maximum Gasteiger partial charge on any atom is -0.00262 e. The number of rotatable bonds is 2. The van der Waals surface area contributed by atoms with Crippen LogP contribution in [0.25, 0.3) is 65.3 Å². The van der Waals surface area contributed by atoms with Crippen LogP contribution in [-0.2, 0) is 0 Å². The first-order valence-electron chi connectivity index (χ1n) is 11.8. The Morgan fingerprint density at radius 2 is 0.600 bits per heavy atom. The van der Waals surface area contributed by atoms with Gasteiger partial charge < -0.3 is 0 Å². The van der Waals surface area contributed by atoms with Crippen LogP contribution in [0.4, 0.5) is 0 Å². The molecule has 0 spiro atoms. The average molecular weight is 447 g/mol. The van der Waals surface area contributed by atoms with E-state index in [0.717, 1.165) is 0 Å². The van der Waals surface area contributed by atoms with Crippen molar-refractivity contribution in [1.82, 2.24) is 0 Å². The van der Waals surface area contributed by atoms with Crippen LogP contribution in [0, 0.1) is 0 Å². The zero-order chi connectivity index (χ0) is 22.5. The topological polar surface area (TPSA) is 0 Å². The minimum Gasteiger partial charge on any atom is -0.0776 e. The van der Waals surface area contributed by atoms with E-state index < -0.39 is 0 Å². The van der Waals surface area contributed by atoms with E-state index in [4.69, 9.17) is 0 Å². The Balaban J connectivity index is 0.00000229. The van der Waals surface area contributed by atoms with Crippen molar-refractivity contribution in [2.75, 3.05) is 0 Å². The van der Waals surface area contributed by atoms with E-state index in [-0.39, 0.29) is 7.43 Å². The lowest BCUT2D eigenvalue weighted by molar-refractivity contribution is 1.68. The van der Waals surface area contributed by atoms with E-state index in [9.17, 15) is 0 Å². The summed E-state index contributed by atoms with van der Waals surface area (Å²) < 4.78 is 0. The van der Waals surface area contributed by atoms with Gasteiger partial charge in [0.1, 0.15) is 0 Å². The lowest BCUT2D eigenvalue weighted by Gasteiger charge is -2.18. The Kier molecular flexibility index (Phi) is 5.08. The van der Waals surface area contributed by atoms with Gasteiger partial charge in [0, 0.05) is 0 Å². The van der Waals surface area contributed by atoms with Gasteiger partial charge in [-0.3, -0.25) is 0 Å². The molecule has 0 nitrogen and oxygen atoms in total. The van der Waals surface area contributed by atoms with Gasteiger partial charge in [0.05, 0.1) is 0 Å². The molecule has 0 atom stereocenters. The molecule has 7 rings (SSSR count). The first kappa shape index (κ1) is 21.1. The molecule has 0 radical (unpaired) electrons. The Labute approximate surface area is 206 Å². The largest absolute Gasteiger partial charge is 0.0776 e. The summed E-state index contributed by atoms with van der Waals surface area (Å²) in [5, 5.41) is 10.2. The van der Waals surface area contributed by atoms with Crippen LogP contribution >= 0.6 is 0 Å². The fourth-order valence-electron chi connectivity index (χ4n) is 5.44. The second-order valence-electron chi connectivity index (χ2n) is 8.97. The molecular formula is C35H26. The van der Waals surface area contributed by atoms with E-state index in [1.54, 1.807) is 0 Å². The first-order valence-corrected chi connectivity index (χ1v) is 11.8. The summed E-state index contributed by atoms with van der Waals surface area (Å²) in [6.45, 7) is 0. The summed E-state index contributed by atoms with van der Waals surface area (Å²) in [5.41, 5.74) is 5.13. The van der Waals surface area contributed by atoms with Crippen molar-refractivity contribution >= 4 is 43.1 Å². The molecule has 0 saturated carbocycles. The third-order valence-corrected chi connectivity index (χ3v) is 7.01. The molecule has 0 aliphatic rings. The van der Waals surface area contributed by atoms with Crippen LogP contribution in [0.3, 0.4) is 0 Å². The molecule has 0 heterocycles. The molecule has 0 heteroatoms. The molecular weight excluding hydrogens is 420 g/mol. The quantitative estimate of drug-likeness (QED) is 0.232. The fraction of sp³-hybridized carbons (Fsp3) is 0.0286. The standard InChI is InChI=1S/C34H22.CH4/c1-3-11-25-21-27(19-17-23(25)9-1)33-29-13-5-7-15-31(29)34(32-16-8-6-14-30(32)33)28-20-18-24-10-2-4-12-26(24)22-28;/h1-22H;1H4. The van der Waals surface area contributed by atoms with E-state index in [2.05, 4.69) is 133 Å². The third kappa shape index (κ3) is 3.38. The van der Waals surface area contributed by atoms with E-state index in [0.29, 0.717) is 0 Å². The fourth-order valence-corrected chi connectivity index (χ4v) is 5.44. The molecule has 0 aromatic heterocycles. The van der Waals surface area contributed by atoms with Crippen molar-refractivity contribution in [3.05, 3.63) is 133 Å². The van der Waals surface area contributed by atoms with Gasteiger partial charge in [0.2, 0.25) is 0 Å². The lowest BCUT2D eigenvalue weighted by Crippen LogP contribution is -1.91. The third-order valence-electron chi connectivity index (χ3n) is 7.01. The van der Waals surface area contributed by atoms with Crippen LogP contribution in [-0.4, -0.2) is 0 Å². The van der Waals surface area contributed by atoms with Gasteiger partial charge in [-0.15, -0.1) is 0 Å². The van der Waals surface area contributed by atoms with E-state index >= 15 is 0 Å². The van der Waals surface area contributed by atoms with E-state index in [1.807, 2.05) is 0 Å². The van der Waals surface area contributed by atoms with Gasteiger partial charge in [-0.2, -0.15) is 0 Å². The maximum absolute atomic E-state index is 2.33. The normalized spacial score (nSPS) is 11.2. The van der Waals surface area contributed by atoms with Crippen LogP contribution in [0.1, 0.15) is 7.43 Å². The van der Waals surface area contributed by atoms with Crippen molar-refractivity contribution in [3.8, 4) is 22.3 Å². The second-order valence-corrected chi connectivity index (χ2v) is 8.97. The average Bonchev–Trinajstić information content (AvgIpc) is 2.91. The van der Waals surface area contributed by atoms with Crippen molar-refractivity contribution in [3.63, 3.8) is 0 Å². The molecule has 0 N–H and O–H groups in total. The smallest absolute Gasteiger partial charge is 0.00262 e.